The first-order chi connectivity index (χ1) is 12.6. The van der Waals surface area contributed by atoms with Crippen molar-refractivity contribution >= 4 is 12.6 Å². The zero-order valence-electron chi connectivity index (χ0n) is 14.8. The SMILES string of the molecule is Fc1cc(-c2ccc(C3CCC(S)CO3)cc2)cc(F)c1CC1CCC1. The van der Waals surface area contributed by atoms with Crippen LogP contribution >= 0.6 is 12.6 Å². The molecule has 1 saturated carbocycles. The van der Waals surface area contributed by atoms with Crippen LogP contribution in [0.5, 0.6) is 0 Å². The van der Waals surface area contributed by atoms with E-state index in [0.717, 1.165) is 36.8 Å². The average Bonchev–Trinajstić information content (AvgIpc) is 2.60. The summed E-state index contributed by atoms with van der Waals surface area (Å²) in [6.07, 6.45) is 5.94. The summed E-state index contributed by atoms with van der Waals surface area (Å²) in [5, 5.41) is 0.315. The molecule has 2 aliphatic rings. The summed E-state index contributed by atoms with van der Waals surface area (Å²) in [6.45, 7) is 0.661. The summed E-state index contributed by atoms with van der Waals surface area (Å²) >= 11 is 4.44. The lowest BCUT2D eigenvalue weighted by molar-refractivity contribution is 0.0191. The molecule has 1 saturated heterocycles. The number of benzene rings is 2. The average molecular weight is 374 g/mol. The highest BCUT2D eigenvalue weighted by atomic mass is 32.1. The second-order valence-electron chi connectivity index (χ2n) is 7.59. The van der Waals surface area contributed by atoms with Gasteiger partial charge in [-0.05, 0) is 54.0 Å². The standard InChI is InChI=1S/C22H24F2OS/c23-20-11-17(12-21(24)19(20)10-14-2-1-3-14)15-4-6-16(7-5-15)22-9-8-18(26)13-25-22/h4-7,11-12,14,18,22,26H,1-3,8-10,13H2. The van der Waals surface area contributed by atoms with Crippen LogP contribution in [0.25, 0.3) is 11.1 Å². The lowest BCUT2D eigenvalue weighted by Crippen LogP contribution is -2.20. The maximum absolute atomic E-state index is 14.5. The van der Waals surface area contributed by atoms with Crippen molar-refractivity contribution in [3.63, 3.8) is 0 Å². The molecule has 1 aliphatic carbocycles. The van der Waals surface area contributed by atoms with E-state index in [1.54, 1.807) is 0 Å². The molecular weight excluding hydrogens is 350 g/mol. The molecule has 1 heterocycles. The predicted molar refractivity (Wildman–Crippen MR) is 104 cm³/mol. The van der Waals surface area contributed by atoms with Gasteiger partial charge in [0.1, 0.15) is 11.6 Å². The van der Waals surface area contributed by atoms with Crippen LogP contribution in [0.3, 0.4) is 0 Å². The molecule has 0 spiro atoms. The topological polar surface area (TPSA) is 9.23 Å². The molecule has 26 heavy (non-hydrogen) atoms. The van der Waals surface area contributed by atoms with E-state index in [2.05, 4.69) is 12.6 Å². The van der Waals surface area contributed by atoms with Gasteiger partial charge in [0.15, 0.2) is 0 Å². The second kappa shape index (κ2) is 7.69. The smallest absolute Gasteiger partial charge is 0.129 e. The summed E-state index contributed by atoms with van der Waals surface area (Å²) in [5.74, 6) is -0.408. The van der Waals surface area contributed by atoms with Gasteiger partial charge in [-0.15, -0.1) is 0 Å². The van der Waals surface area contributed by atoms with E-state index in [0.29, 0.717) is 29.8 Å². The molecule has 0 aromatic heterocycles. The number of hydrogen-bond donors (Lipinski definition) is 1. The Morgan fingerprint density at radius 3 is 2.15 bits per heavy atom. The van der Waals surface area contributed by atoms with Gasteiger partial charge >= 0.3 is 0 Å². The number of hydrogen-bond acceptors (Lipinski definition) is 2. The highest BCUT2D eigenvalue weighted by molar-refractivity contribution is 7.81. The Morgan fingerprint density at radius 1 is 0.923 bits per heavy atom. The maximum atomic E-state index is 14.5. The minimum absolute atomic E-state index is 0.0887. The summed E-state index contributed by atoms with van der Waals surface area (Å²) < 4.78 is 34.7. The van der Waals surface area contributed by atoms with E-state index in [4.69, 9.17) is 4.74 Å². The van der Waals surface area contributed by atoms with Gasteiger partial charge < -0.3 is 4.74 Å². The van der Waals surface area contributed by atoms with Crippen molar-refractivity contribution in [2.75, 3.05) is 6.61 Å². The van der Waals surface area contributed by atoms with E-state index < -0.39 is 11.6 Å². The van der Waals surface area contributed by atoms with Crippen LogP contribution < -0.4 is 0 Å². The van der Waals surface area contributed by atoms with E-state index >= 15 is 0 Å². The van der Waals surface area contributed by atoms with Gasteiger partial charge in [-0.3, -0.25) is 0 Å². The van der Waals surface area contributed by atoms with Crippen LogP contribution in [0.2, 0.25) is 0 Å². The van der Waals surface area contributed by atoms with Crippen LogP contribution in [0.4, 0.5) is 8.78 Å². The van der Waals surface area contributed by atoms with Crippen LogP contribution in [0.1, 0.15) is 49.3 Å². The molecular formula is C22H24F2OS. The van der Waals surface area contributed by atoms with Crippen molar-refractivity contribution in [2.24, 2.45) is 5.92 Å². The molecule has 0 N–H and O–H groups in total. The first kappa shape index (κ1) is 18.0. The largest absolute Gasteiger partial charge is 0.372 e. The number of thiol groups is 1. The molecule has 2 aromatic rings. The molecule has 2 aromatic carbocycles. The monoisotopic (exact) mass is 374 g/mol. The number of ether oxygens (including phenoxy) is 1. The first-order valence-corrected chi connectivity index (χ1v) is 9.99. The predicted octanol–water partition coefficient (Wildman–Crippen LogP) is 6.12. The quantitative estimate of drug-likeness (QED) is 0.634. The van der Waals surface area contributed by atoms with E-state index in [9.17, 15) is 8.78 Å². The molecule has 1 nitrogen and oxygen atoms in total. The maximum Gasteiger partial charge on any atom is 0.129 e. The lowest BCUT2D eigenvalue weighted by Gasteiger charge is -2.27. The van der Waals surface area contributed by atoms with E-state index in [1.807, 2.05) is 24.3 Å². The van der Waals surface area contributed by atoms with Gasteiger partial charge in [0.2, 0.25) is 0 Å². The molecule has 1 aliphatic heterocycles. The van der Waals surface area contributed by atoms with Crippen molar-refractivity contribution in [2.45, 2.75) is 49.9 Å². The van der Waals surface area contributed by atoms with Crippen molar-refractivity contribution < 1.29 is 13.5 Å². The molecule has 0 amide bonds. The van der Waals surface area contributed by atoms with Gasteiger partial charge in [0, 0.05) is 10.8 Å². The van der Waals surface area contributed by atoms with Gasteiger partial charge in [-0.25, -0.2) is 8.78 Å². The van der Waals surface area contributed by atoms with Crippen LogP contribution in [-0.4, -0.2) is 11.9 Å². The van der Waals surface area contributed by atoms with Crippen molar-refractivity contribution in [3.8, 4) is 11.1 Å². The Bertz CT molecular complexity index is 739. The Balaban J connectivity index is 1.51. The van der Waals surface area contributed by atoms with Gasteiger partial charge in [-0.2, -0.15) is 12.6 Å². The minimum atomic E-state index is -0.425. The second-order valence-corrected chi connectivity index (χ2v) is 8.32. The summed E-state index contributed by atoms with van der Waals surface area (Å²) in [5.41, 5.74) is 2.76. The summed E-state index contributed by atoms with van der Waals surface area (Å²) in [6, 6.07) is 10.8. The van der Waals surface area contributed by atoms with Crippen LogP contribution in [0.15, 0.2) is 36.4 Å². The van der Waals surface area contributed by atoms with Gasteiger partial charge in [0.05, 0.1) is 12.7 Å². The van der Waals surface area contributed by atoms with Crippen LogP contribution in [0, 0.1) is 17.6 Å². The molecule has 138 valence electrons. The zero-order chi connectivity index (χ0) is 18.1. The van der Waals surface area contributed by atoms with Gasteiger partial charge in [0.25, 0.3) is 0 Å². The third kappa shape index (κ3) is 3.81. The molecule has 2 atom stereocenters. The van der Waals surface area contributed by atoms with E-state index in [-0.39, 0.29) is 11.7 Å². The van der Waals surface area contributed by atoms with Crippen LogP contribution in [-0.2, 0) is 11.2 Å². The first-order valence-electron chi connectivity index (χ1n) is 9.48. The highest BCUT2D eigenvalue weighted by Crippen LogP contribution is 2.34. The molecule has 0 radical (unpaired) electrons. The lowest BCUT2D eigenvalue weighted by atomic mass is 9.80. The van der Waals surface area contributed by atoms with Gasteiger partial charge in [-0.1, -0.05) is 43.5 Å². The highest BCUT2D eigenvalue weighted by Gasteiger charge is 2.23. The van der Waals surface area contributed by atoms with E-state index in [1.165, 1.54) is 18.6 Å². The Morgan fingerprint density at radius 2 is 1.62 bits per heavy atom. The zero-order valence-corrected chi connectivity index (χ0v) is 15.7. The molecule has 4 rings (SSSR count). The number of rotatable bonds is 4. The summed E-state index contributed by atoms with van der Waals surface area (Å²) in [4.78, 5) is 0. The van der Waals surface area contributed by atoms with Crippen molar-refractivity contribution in [1.82, 2.24) is 0 Å². The summed E-state index contributed by atoms with van der Waals surface area (Å²) in [7, 11) is 0. The van der Waals surface area contributed by atoms with Crippen molar-refractivity contribution in [3.05, 3.63) is 59.2 Å². The fourth-order valence-electron chi connectivity index (χ4n) is 3.84. The molecule has 4 heteroatoms. The third-order valence-electron chi connectivity index (χ3n) is 5.73. The Labute approximate surface area is 159 Å². The molecule has 2 unspecified atom stereocenters. The molecule has 0 bridgehead atoms. The fourth-order valence-corrected chi connectivity index (χ4v) is 4.08. The normalized spacial score (nSPS) is 23.7. The fraction of sp³-hybridized carbons (Fsp3) is 0.455. The van der Waals surface area contributed by atoms with Crippen molar-refractivity contribution in [1.29, 1.82) is 0 Å². The Hall–Kier alpha value is -1.39. The number of halogens is 2. The third-order valence-corrected chi connectivity index (χ3v) is 6.13. The minimum Gasteiger partial charge on any atom is -0.372 e. The Kier molecular flexibility index (Phi) is 5.32. The molecule has 2 fully saturated rings.